The third-order valence-corrected chi connectivity index (χ3v) is 2.79. The van der Waals surface area contributed by atoms with Crippen molar-refractivity contribution >= 4 is 5.82 Å². The molecule has 0 amide bonds. The number of piperidine rings is 1. The van der Waals surface area contributed by atoms with Crippen molar-refractivity contribution in [3.05, 3.63) is 18.1 Å². The van der Waals surface area contributed by atoms with Gasteiger partial charge in [-0.1, -0.05) is 6.92 Å². The first-order valence-electron chi connectivity index (χ1n) is 5.53. The Morgan fingerprint density at radius 1 is 1.53 bits per heavy atom. The van der Waals surface area contributed by atoms with E-state index in [1.165, 1.54) is 0 Å². The summed E-state index contributed by atoms with van der Waals surface area (Å²) in [7, 11) is 0. The van der Waals surface area contributed by atoms with E-state index in [-0.39, 0.29) is 6.10 Å². The topological polar surface area (TPSA) is 49.2 Å². The molecule has 0 aromatic carbocycles. The molecule has 1 aliphatic heterocycles. The predicted molar refractivity (Wildman–Crippen MR) is 58.9 cm³/mol. The van der Waals surface area contributed by atoms with Crippen molar-refractivity contribution in [2.45, 2.75) is 32.3 Å². The van der Waals surface area contributed by atoms with E-state index in [2.05, 4.69) is 21.8 Å². The van der Waals surface area contributed by atoms with Crippen molar-refractivity contribution in [2.75, 3.05) is 18.0 Å². The normalized spacial score (nSPS) is 21.7. The summed E-state index contributed by atoms with van der Waals surface area (Å²) in [5, 5.41) is 9.58. The third-order valence-electron chi connectivity index (χ3n) is 2.79. The van der Waals surface area contributed by atoms with Crippen LogP contribution in [0.5, 0.6) is 0 Å². The number of aryl methyl sites for hydroxylation is 1. The lowest BCUT2D eigenvalue weighted by Gasteiger charge is -2.30. The van der Waals surface area contributed by atoms with Gasteiger partial charge in [-0.25, -0.2) is 9.97 Å². The van der Waals surface area contributed by atoms with E-state index in [0.29, 0.717) is 6.54 Å². The zero-order valence-electron chi connectivity index (χ0n) is 9.06. The summed E-state index contributed by atoms with van der Waals surface area (Å²) in [6.07, 6.45) is 4.26. The van der Waals surface area contributed by atoms with Crippen LogP contribution in [0, 0.1) is 0 Å². The molecule has 2 rings (SSSR count). The first kappa shape index (κ1) is 10.4. The maximum Gasteiger partial charge on any atom is 0.132 e. The van der Waals surface area contributed by atoms with Gasteiger partial charge in [0.1, 0.15) is 12.1 Å². The molecule has 0 unspecified atom stereocenters. The van der Waals surface area contributed by atoms with E-state index in [0.717, 1.165) is 37.3 Å². The van der Waals surface area contributed by atoms with Gasteiger partial charge in [-0.15, -0.1) is 0 Å². The molecule has 1 atom stereocenters. The number of nitrogens with zero attached hydrogens (tertiary/aromatic N) is 3. The van der Waals surface area contributed by atoms with Crippen LogP contribution in [-0.4, -0.2) is 34.3 Å². The SMILES string of the molecule is CCc1cc(N2CCC[C@H](O)C2)ncn1. The number of aromatic nitrogens is 2. The first-order valence-corrected chi connectivity index (χ1v) is 5.53. The van der Waals surface area contributed by atoms with Gasteiger partial charge in [-0.05, 0) is 19.3 Å². The maximum absolute atomic E-state index is 9.58. The Kier molecular flexibility index (Phi) is 3.16. The quantitative estimate of drug-likeness (QED) is 0.786. The summed E-state index contributed by atoms with van der Waals surface area (Å²) in [5.74, 6) is 0.945. The lowest BCUT2D eigenvalue weighted by atomic mass is 10.1. The molecule has 4 heteroatoms. The maximum atomic E-state index is 9.58. The summed E-state index contributed by atoms with van der Waals surface area (Å²) in [5.41, 5.74) is 1.06. The molecule has 4 nitrogen and oxygen atoms in total. The number of hydrogen-bond donors (Lipinski definition) is 1. The largest absolute Gasteiger partial charge is 0.391 e. The second-order valence-corrected chi connectivity index (χ2v) is 3.96. The van der Waals surface area contributed by atoms with Crippen molar-refractivity contribution in [2.24, 2.45) is 0 Å². The van der Waals surface area contributed by atoms with E-state index >= 15 is 0 Å². The van der Waals surface area contributed by atoms with Crippen LogP contribution in [0.4, 0.5) is 5.82 Å². The number of aliphatic hydroxyl groups is 1. The summed E-state index contributed by atoms with van der Waals surface area (Å²) >= 11 is 0. The van der Waals surface area contributed by atoms with Crippen molar-refractivity contribution in [3.63, 3.8) is 0 Å². The Bertz CT molecular complexity index is 329. The molecule has 15 heavy (non-hydrogen) atoms. The summed E-state index contributed by atoms with van der Waals surface area (Å²) in [6, 6.07) is 2.01. The van der Waals surface area contributed by atoms with Gasteiger partial charge in [0, 0.05) is 24.8 Å². The minimum atomic E-state index is -0.209. The first-order chi connectivity index (χ1) is 7.29. The Hall–Kier alpha value is -1.16. The van der Waals surface area contributed by atoms with E-state index in [9.17, 15) is 5.11 Å². The highest BCUT2D eigenvalue weighted by molar-refractivity contribution is 5.39. The molecule has 1 saturated heterocycles. The highest BCUT2D eigenvalue weighted by atomic mass is 16.3. The van der Waals surface area contributed by atoms with Gasteiger partial charge < -0.3 is 10.0 Å². The third kappa shape index (κ3) is 2.45. The molecular formula is C11H17N3O. The molecule has 1 aromatic rings. The van der Waals surface area contributed by atoms with E-state index in [1.807, 2.05) is 6.07 Å². The smallest absolute Gasteiger partial charge is 0.132 e. The Morgan fingerprint density at radius 3 is 3.13 bits per heavy atom. The van der Waals surface area contributed by atoms with Crippen molar-refractivity contribution in [3.8, 4) is 0 Å². The molecule has 0 spiro atoms. The van der Waals surface area contributed by atoms with Crippen LogP contribution >= 0.6 is 0 Å². The van der Waals surface area contributed by atoms with Gasteiger partial charge >= 0.3 is 0 Å². The van der Waals surface area contributed by atoms with Crippen LogP contribution < -0.4 is 4.90 Å². The van der Waals surface area contributed by atoms with Crippen LogP contribution in [0.15, 0.2) is 12.4 Å². The van der Waals surface area contributed by atoms with Crippen LogP contribution in [0.2, 0.25) is 0 Å². The molecular weight excluding hydrogens is 190 g/mol. The van der Waals surface area contributed by atoms with Crippen molar-refractivity contribution in [1.29, 1.82) is 0 Å². The fourth-order valence-electron chi connectivity index (χ4n) is 1.91. The summed E-state index contributed by atoms with van der Waals surface area (Å²) < 4.78 is 0. The number of hydrogen-bond acceptors (Lipinski definition) is 4. The lowest BCUT2D eigenvalue weighted by Crippen LogP contribution is -2.38. The van der Waals surface area contributed by atoms with Crippen LogP contribution in [-0.2, 0) is 6.42 Å². The fourth-order valence-corrected chi connectivity index (χ4v) is 1.91. The second kappa shape index (κ2) is 4.57. The highest BCUT2D eigenvalue weighted by Crippen LogP contribution is 2.17. The van der Waals surface area contributed by atoms with Gasteiger partial charge in [-0.2, -0.15) is 0 Å². The van der Waals surface area contributed by atoms with E-state index in [1.54, 1.807) is 6.33 Å². The Balaban J connectivity index is 2.13. The summed E-state index contributed by atoms with van der Waals surface area (Å²) in [4.78, 5) is 10.6. The minimum Gasteiger partial charge on any atom is -0.391 e. The Morgan fingerprint density at radius 2 is 2.40 bits per heavy atom. The average Bonchev–Trinajstić information content (AvgIpc) is 2.29. The number of β-amino-alcohol motifs (C(OH)–C–C–N with tert-alkyl or cyclic N) is 1. The van der Waals surface area contributed by atoms with Gasteiger partial charge in [0.2, 0.25) is 0 Å². The number of aliphatic hydroxyl groups excluding tert-OH is 1. The molecule has 1 aliphatic rings. The van der Waals surface area contributed by atoms with Gasteiger partial charge in [-0.3, -0.25) is 0 Å². The van der Waals surface area contributed by atoms with Crippen LogP contribution in [0.1, 0.15) is 25.5 Å². The van der Waals surface area contributed by atoms with Gasteiger partial charge in [0.05, 0.1) is 6.10 Å². The zero-order valence-corrected chi connectivity index (χ0v) is 9.06. The standard InChI is InChI=1S/C11H17N3O/c1-2-9-6-11(13-8-12-9)14-5-3-4-10(15)7-14/h6,8,10,15H,2-5,7H2,1H3/t10-/m0/s1. The molecule has 82 valence electrons. The molecule has 1 N–H and O–H groups in total. The molecule has 2 heterocycles. The number of rotatable bonds is 2. The van der Waals surface area contributed by atoms with Gasteiger partial charge in [0.25, 0.3) is 0 Å². The highest BCUT2D eigenvalue weighted by Gasteiger charge is 2.18. The molecule has 0 radical (unpaired) electrons. The molecule has 1 aromatic heterocycles. The average molecular weight is 207 g/mol. The molecule has 0 bridgehead atoms. The van der Waals surface area contributed by atoms with Crippen molar-refractivity contribution in [1.82, 2.24) is 9.97 Å². The molecule has 0 saturated carbocycles. The van der Waals surface area contributed by atoms with Crippen LogP contribution in [0.3, 0.4) is 0 Å². The summed E-state index contributed by atoms with van der Waals surface area (Å²) in [6.45, 7) is 3.76. The van der Waals surface area contributed by atoms with Gasteiger partial charge in [0.15, 0.2) is 0 Å². The van der Waals surface area contributed by atoms with Crippen LogP contribution in [0.25, 0.3) is 0 Å². The zero-order chi connectivity index (χ0) is 10.7. The predicted octanol–water partition coefficient (Wildman–Crippen LogP) is 1.00. The molecule has 1 fully saturated rings. The second-order valence-electron chi connectivity index (χ2n) is 3.96. The minimum absolute atomic E-state index is 0.209. The Labute approximate surface area is 90.0 Å². The number of anilines is 1. The van der Waals surface area contributed by atoms with E-state index < -0.39 is 0 Å². The monoisotopic (exact) mass is 207 g/mol. The lowest BCUT2D eigenvalue weighted by molar-refractivity contribution is 0.154. The molecule has 0 aliphatic carbocycles. The van der Waals surface area contributed by atoms with Crippen molar-refractivity contribution < 1.29 is 5.11 Å². The van der Waals surface area contributed by atoms with E-state index in [4.69, 9.17) is 0 Å². The fraction of sp³-hybridized carbons (Fsp3) is 0.636.